The van der Waals surface area contributed by atoms with Crippen LogP contribution in [0.1, 0.15) is 31.2 Å². The van der Waals surface area contributed by atoms with Gasteiger partial charge in [-0.25, -0.2) is 0 Å². The lowest BCUT2D eigenvalue weighted by Crippen LogP contribution is -2.48. The lowest BCUT2D eigenvalue weighted by Gasteiger charge is -2.38. The number of aliphatic hydroxyl groups is 1. The van der Waals surface area contributed by atoms with Gasteiger partial charge in [0.1, 0.15) is 0 Å². The number of rotatable bonds is 3. The molecule has 1 spiro atoms. The smallest absolute Gasteiger partial charge is 0.226 e. The van der Waals surface area contributed by atoms with Crippen molar-refractivity contribution in [1.82, 2.24) is 9.88 Å². The largest absolute Gasteiger partial charge is 0.389 e. The Kier molecular flexibility index (Phi) is 3.65. The Bertz CT molecular complexity index is 575. The molecule has 3 aliphatic rings. The van der Waals surface area contributed by atoms with E-state index in [1.54, 1.807) is 12.4 Å². The summed E-state index contributed by atoms with van der Waals surface area (Å²) in [4.78, 5) is 18.6. The zero-order valence-corrected chi connectivity index (χ0v) is 13.4. The lowest BCUT2D eigenvalue weighted by molar-refractivity contribution is -0.137. The topological polar surface area (TPSA) is 62.7 Å². The number of piperidine rings is 1. The second-order valence-corrected chi connectivity index (χ2v) is 7.50. The van der Waals surface area contributed by atoms with Crippen LogP contribution in [0.4, 0.5) is 0 Å². The summed E-state index contributed by atoms with van der Waals surface area (Å²) in [5.74, 6) is 0.442. The molecule has 3 heterocycles. The van der Waals surface area contributed by atoms with Crippen LogP contribution in [0.3, 0.4) is 0 Å². The number of carbonyl (C=O) groups excluding carboxylic acids is 1. The van der Waals surface area contributed by atoms with Crippen LogP contribution >= 0.6 is 0 Å². The first kappa shape index (κ1) is 15.1. The van der Waals surface area contributed by atoms with Crippen LogP contribution in [0, 0.1) is 11.3 Å². The number of ether oxygens (including phenoxy) is 1. The summed E-state index contributed by atoms with van der Waals surface area (Å²) in [7, 11) is 0. The first-order valence-electron chi connectivity index (χ1n) is 8.58. The summed E-state index contributed by atoms with van der Waals surface area (Å²) in [6, 6.07) is 3.90. The van der Waals surface area contributed by atoms with Gasteiger partial charge in [0.15, 0.2) is 0 Å². The summed E-state index contributed by atoms with van der Waals surface area (Å²) in [6.45, 7) is 2.88. The Morgan fingerprint density at radius 3 is 2.70 bits per heavy atom. The normalized spacial score (nSPS) is 32.2. The van der Waals surface area contributed by atoms with E-state index in [1.807, 2.05) is 17.0 Å². The van der Waals surface area contributed by atoms with Gasteiger partial charge < -0.3 is 14.7 Å². The summed E-state index contributed by atoms with van der Waals surface area (Å²) in [5, 5.41) is 10.8. The van der Waals surface area contributed by atoms with E-state index in [-0.39, 0.29) is 17.2 Å². The standard InChI is InChI=1S/C18H24N2O3/c21-16(15-12-17(15)5-10-23-13-17)20-8-3-18(22,4-9-20)11-14-1-6-19-7-2-14/h1-2,6-7,15,22H,3-5,8-13H2. The third-order valence-corrected chi connectivity index (χ3v) is 5.91. The van der Waals surface area contributed by atoms with Crippen LogP contribution in [0.2, 0.25) is 0 Å². The van der Waals surface area contributed by atoms with E-state index in [9.17, 15) is 9.90 Å². The van der Waals surface area contributed by atoms with Gasteiger partial charge in [-0.05, 0) is 43.4 Å². The molecule has 1 aromatic heterocycles. The second-order valence-electron chi connectivity index (χ2n) is 7.50. The highest BCUT2D eigenvalue weighted by Crippen LogP contribution is 2.58. The molecule has 5 heteroatoms. The molecular weight excluding hydrogens is 292 g/mol. The van der Waals surface area contributed by atoms with Crippen molar-refractivity contribution >= 4 is 5.91 Å². The van der Waals surface area contributed by atoms with E-state index in [0.717, 1.165) is 31.6 Å². The van der Waals surface area contributed by atoms with Crippen LogP contribution in [-0.2, 0) is 16.0 Å². The molecule has 2 saturated heterocycles. The minimum atomic E-state index is -0.699. The van der Waals surface area contributed by atoms with Crippen molar-refractivity contribution in [2.45, 2.75) is 37.7 Å². The summed E-state index contributed by atoms with van der Waals surface area (Å²) >= 11 is 0. The van der Waals surface area contributed by atoms with Gasteiger partial charge in [0, 0.05) is 49.8 Å². The number of hydrogen-bond acceptors (Lipinski definition) is 4. The van der Waals surface area contributed by atoms with Crippen molar-refractivity contribution < 1.29 is 14.6 Å². The zero-order chi connectivity index (χ0) is 15.9. The summed E-state index contributed by atoms with van der Waals surface area (Å²) < 4.78 is 5.47. The first-order chi connectivity index (χ1) is 11.1. The molecule has 124 valence electrons. The Morgan fingerprint density at radius 2 is 2.04 bits per heavy atom. The predicted octanol–water partition coefficient (Wildman–Crippen LogP) is 1.40. The second kappa shape index (κ2) is 5.56. The molecule has 1 amide bonds. The van der Waals surface area contributed by atoms with E-state index in [2.05, 4.69) is 4.98 Å². The van der Waals surface area contributed by atoms with Gasteiger partial charge in [-0.1, -0.05) is 0 Å². The molecule has 23 heavy (non-hydrogen) atoms. The molecule has 1 aliphatic carbocycles. The summed E-state index contributed by atoms with van der Waals surface area (Å²) in [6.07, 6.45) is 7.47. The first-order valence-corrected chi connectivity index (χ1v) is 8.58. The Labute approximate surface area is 136 Å². The molecule has 0 radical (unpaired) electrons. The third-order valence-electron chi connectivity index (χ3n) is 5.91. The number of amides is 1. The average Bonchev–Trinajstić information content (AvgIpc) is 3.05. The molecular formula is C18H24N2O3. The average molecular weight is 316 g/mol. The number of carbonyl (C=O) groups is 1. The number of aromatic nitrogens is 1. The van der Waals surface area contributed by atoms with E-state index in [0.29, 0.717) is 32.4 Å². The molecule has 1 saturated carbocycles. The van der Waals surface area contributed by atoms with Crippen molar-refractivity contribution in [1.29, 1.82) is 0 Å². The quantitative estimate of drug-likeness (QED) is 0.916. The van der Waals surface area contributed by atoms with Crippen LogP contribution in [-0.4, -0.2) is 52.8 Å². The van der Waals surface area contributed by atoms with Crippen molar-refractivity contribution in [3.63, 3.8) is 0 Å². The Hall–Kier alpha value is -1.46. The van der Waals surface area contributed by atoms with Gasteiger partial charge in [0.25, 0.3) is 0 Å². The van der Waals surface area contributed by atoms with Crippen LogP contribution in [0.15, 0.2) is 24.5 Å². The molecule has 5 nitrogen and oxygen atoms in total. The zero-order valence-electron chi connectivity index (χ0n) is 13.4. The molecule has 3 fully saturated rings. The van der Waals surface area contributed by atoms with Crippen LogP contribution in [0.25, 0.3) is 0 Å². The van der Waals surface area contributed by atoms with Gasteiger partial charge in [0.05, 0.1) is 12.2 Å². The van der Waals surface area contributed by atoms with Crippen LogP contribution < -0.4 is 0 Å². The molecule has 2 atom stereocenters. The highest BCUT2D eigenvalue weighted by Gasteiger charge is 2.60. The molecule has 4 rings (SSSR count). The number of nitrogens with zero attached hydrogens (tertiary/aromatic N) is 2. The fourth-order valence-corrected chi connectivity index (χ4v) is 4.18. The van der Waals surface area contributed by atoms with E-state index < -0.39 is 5.60 Å². The van der Waals surface area contributed by atoms with Gasteiger partial charge in [-0.3, -0.25) is 9.78 Å². The van der Waals surface area contributed by atoms with E-state index >= 15 is 0 Å². The maximum Gasteiger partial charge on any atom is 0.226 e. The number of hydrogen-bond donors (Lipinski definition) is 1. The molecule has 2 unspecified atom stereocenters. The Morgan fingerprint density at radius 1 is 1.30 bits per heavy atom. The van der Waals surface area contributed by atoms with Crippen LogP contribution in [0.5, 0.6) is 0 Å². The molecule has 0 aromatic carbocycles. The SMILES string of the molecule is O=C(C1CC12CCOC2)N1CCC(O)(Cc2ccncc2)CC1. The summed E-state index contributed by atoms with van der Waals surface area (Å²) in [5.41, 5.74) is 0.559. The molecule has 1 aromatic rings. The van der Waals surface area contributed by atoms with Crippen molar-refractivity contribution in [2.75, 3.05) is 26.3 Å². The highest BCUT2D eigenvalue weighted by molar-refractivity contribution is 5.83. The third kappa shape index (κ3) is 2.88. The minimum absolute atomic E-state index is 0.155. The van der Waals surface area contributed by atoms with Gasteiger partial charge in [-0.15, -0.1) is 0 Å². The maximum absolute atomic E-state index is 12.7. The number of pyridine rings is 1. The Balaban J connectivity index is 1.33. The maximum atomic E-state index is 12.7. The van der Waals surface area contributed by atoms with Gasteiger partial charge >= 0.3 is 0 Å². The van der Waals surface area contributed by atoms with Crippen molar-refractivity contribution in [3.8, 4) is 0 Å². The fraction of sp³-hybridized carbons (Fsp3) is 0.667. The molecule has 0 bridgehead atoms. The van der Waals surface area contributed by atoms with Crippen molar-refractivity contribution in [3.05, 3.63) is 30.1 Å². The van der Waals surface area contributed by atoms with Gasteiger partial charge in [0.2, 0.25) is 5.91 Å². The highest BCUT2D eigenvalue weighted by atomic mass is 16.5. The fourth-order valence-electron chi connectivity index (χ4n) is 4.18. The molecule has 2 aliphatic heterocycles. The van der Waals surface area contributed by atoms with Gasteiger partial charge in [-0.2, -0.15) is 0 Å². The minimum Gasteiger partial charge on any atom is -0.389 e. The van der Waals surface area contributed by atoms with E-state index in [4.69, 9.17) is 4.74 Å². The monoisotopic (exact) mass is 316 g/mol. The lowest BCUT2D eigenvalue weighted by atomic mass is 9.85. The number of likely N-dealkylation sites (tertiary alicyclic amines) is 1. The molecule has 1 N–H and O–H groups in total. The van der Waals surface area contributed by atoms with Crippen molar-refractivity contribution in [2.24, 2.45) is 11.3 Å². The van der Waals surface area contributed by atoms with E-state index in [1.165, 1.54) is 0 Å². The predicted molar refractivity (Wildman–Crippen MR) is 84.7 cm³/mol.